The Balaban J connectivity index is 2.36. The second kappa shape index (κ2) is 5.35. The van der Waals surface area contributed by atoms with Crippen molar-refractivity contribution < 1.29 is 0 Å². The molecule has 1 unspecified atom stereocenters. The lowest BCUT2D eigenvalue weighted by molar-refractivity contribution is 0.658. The molecule has 0 amide bonds. The fourth-order valence-electron chi connectivity index (χ4n) is 2.52. The Kier molecular flexibility index (Phi) is 3.68. The molecule has 6 heteroatoms. The SMILES string of the molecule is CCn1nc(C)c2nc(C(C)Cl)n(-c3ccc(Cl)cc3)c21. The largest absolute Gasteiger partial charge is 0.280 e. The summed E-state index contributed by atoms with van der Waals surface area (Å²) in [5, 5.41) is 5.04. The van der Waals surface area contributed by atoms with Crippen LogP contribution in [0.25, 0.3) is 16.9 Å². The van der Waals surface area contributed by atoms with Crippen LogP contribution in [0.4, 0.5) is 0 Å². The minimum Gasteiger partial charge on any atom is -0.280 e. The summed E-state index contributed by atoms with van der Waals surface area (Å²) in [5.74, 6) is 0.816. The van der Waals surface area contributed by atoms with E-state index in [9.17, 15) is 0 Å². The molecule has 4 nitrogen and oxygen atoms in total. The maximum atomic E-state index is 6.33. The van der Waals surface area contributed by atoms with Crippen molar-refractivity contribution in [3.8, 4) is 5.69 Å². The smallest absolute Gasteiger partial charge is 0.163 e. The van der Waals surface area contributed by atoms with Gasteiger partial charge < -0.3 is 0 Å². The highest BCUT2D eigenvalue weighted by atomic mass is 35.5. The first kappa shape index (κ1) is 14.4. The van der Waals surface area contributed by atoms with Gasteiger partial charge in [0.25, 0.3) is 0 Å². The van der Waals surface area contributed by atoms with Crippen molar-refractivity contribution in [3.63, 3.8) is 0 Å². The topological polar surface area (TPSA) is 35.6 Å². The summed E-state index contributed by atoms with van der Waals surface area (Å²) in [6, 6.07) is 7.67. The molecule has 0 fully saturated rings. The van der Waals surface area contributed by atoms with Crippen LogP contribution in [0.5, 0.6) is 0 Å². The molecule has 2 heterocycles. The third-order valence-corrected chi connectivity index (χ3v) is 3.92. The third kappa shape index (κ3) is 2.32. The zero-order chi connectivity index (χ0) is 15.1. The lowest BCUT2D eigenvalue weighted by atomic mass is 10.3. The van der Waals surface area contributed by atoms with Crippen molar-refractivity contribution in [2.45, 2.75) is 32.7 Å². The molecular weight excluding hydrogens is 307 g/mol. The quantitative estimate of drug-likeness (QED) is 0.665. The van der Waals surface area contributed by atoms with Crippen LogP contribution in [-0.4, -0.2) is 19.3 Å². The maximum absolute atomic E-state index is 6.33. The second-order valence-corrected chi connectivity index (χ2v) is 6.06. The average molecular weight is 323 g/mol. The first-order chi connectivity index (χ1) is 10.0. The number of alkyl halides is 1. The van der Waals surface area contributed by atoms with Crippen LogP contribution in [0.2, 0.25) is 5.02 Å². The van der Waals surface area contributed by atoms with E-state index >= 15 is 0 Å². The number of nitrogens with zero attached hydrogens (tertiary/aromatic N) is 4. The van der Waals surface area contributed by atoms with Crippen molar-refractivity contribution >= 4 is 34.4 Å². The Bertz CT molecular complexity index is 784. The van der Waals surface area contributed by atoms with Gasteiger partial charge in [-0.05, 0) is 45.0 Å². The Labute approximate surface area is 133 Å². The number of hydrogen-bond acceptors (Lipinski definition) is 2. The molecule has 0 N–H and O–H groups in total. The summed E-state index contributed by atoms with van der Waals surface area (Å²) < 4.78 is 4.02. The molecule has 0 saturated carbocycles. The first-order valence-corrected chi connectivity index (χ1v) is 7.70. The first-order valence-electron chi connectivity index (χ1n) is 6.88. The predicted octanol–water partition coefficient (Wildman–Crippen LogP) is 4.50. The Morgan fingerprint density at radius 3 is 2.48 bits per heavy atom. The van der Waals surface area contributed by atoms with Crippen LogP contribution in [-0.2, 0) is 6.54 Å². The van der Waals surface area contributed by atoms with Crippen molar-refractivity contribution in [2.24, 2.45) is 0 Å². The van der Waals surface area contributed by atoms with Gasteiger partial charge in [0, 0.05) is 17.3 Å². The van der Waals surface area contributed by atoms with Crippen molar-refractivity contribution in [2.75, 3.05) is 0 Å². The number of hydrogen-bond donors (Lipinski definition) is 0. The van der Waals surface area contributed by atoms with E-state index in [-0.39, 0.29) is 5.38 Å². The normalized spacial score (nSPS) is 13.0. The van der Waals surface area contributed by atoms with E-state index in [1.807, 2.05) is 42.8 Å². The van der Waals surface area contributed by atoms with Gasteiger partial charge in [-0.25, -0.2) is 9.67 Å². The van der Waals surface area contributed by atoms with Crippen molar-refractivity contribution in [1.82, 2.24) is 19.3 Å². The highest BCUT2D eigenvalue weighted by Crippen LogP contribution is 2.30. The highest BCUT2D eigenvalue weighted by Gasteiger charge is 2.21. The predicted molar refractivity (Wildman–Crippen MR) is 86.5 cm³/mol. The van der Waals surface area contributed by atoms with Crippen LogP contribution in [0, 0.1) is 6.92 Å². The molecule has 0 bridgehead atoms. The molecule has 0 aliphatic heterocycles. The molecule has 0 aliphatic rings. The summed E-state index contributed by atoms with van der Waals surface area (Å²) >= 11 is 12.3. The van der Waals surface area contributed by atoms with Gasteiger partial charge in [-0.3, -0.25) is 4.57 Å². The number of aryl methyl sites for hydroxylation is 2. The molecule has 2 aromatic heterocycles. The van der Waals surface area contributed by atoms with E-state index < -0.39 is 0 Å². The van der Waals surface area contributed by atoms with Crippen LogP contribution >= 0.6 is 23.2 Å². The van der Waals surface area contributed by atoms with Crippen LogP contribution in [0.3, 0.4) is 0 Å². The van der Waals surface area contributed by atoms with Gasteiger partial charge >= 0.3 is 0 Å². The van der Waals surface area contributed by atoms with E-state index in [0.29, 0.717) is 5.02 Å². The van der Waals surface area contributed by atoms with Gasteiger partial charge in [0.05, 0.1) is 11.1 Å². The molecule has 3 aromatic rings. The van der Waals surface area contributed by atoms with Gasteiger partial charge in [0.2, 0.25) is 0 Å². The van der Waals surface area contributed by atoms with Gasteiger partial charge in [0.15, 0.2) is 5.65 Å². The average Bonchev–Trinajstić information content (AvgIpc) is 2.98. The van der Waals surface area contributed by atoms with E-state index in [1.54, 1.807) is 0 Å². The molecular formula is C15H16Cl2N4. The molecule has 3 rings (SSSR count). The van der Waals surface area contributed by atoms with Crippen molar-refractivity contribution in [3.05, 3.63) is 40.8 Å². The molecule has 21 heavy (non-hydrogen) atoms. The molecule has 110 valence electrons. The Morgan fingerprint density at radius 1 is 1.24 bits per heavy atom. The van der Waals surface area contributed by atoms with E-state index in [2.05, 4.69) is 16.6 Å². The minimum atomic E-state index is -0.196. The second-order valence-electron chi connectivity index (χ2n) is 4.97. The monoisotopic (exact) mass is 322 g/mol. The van der Waals surface area contributed by atoms with Gasteiger partial charge in [0.1, 0.15) is 11.3 Å². The van der Waals surface area contributed by atoms with Gasteiger partial charge in [-0.1, -0.05) is 11.6 Å². The number of aromatic nitrogens is 4. The van der Waals surface area contributed by atoms with E-state index in [4.69, 9.17) is 28.2 Å². The molecule has 0 aliphatic carbocycles. The summed E-state index contributed by atoms with van der Waals surface area (Å²) in [4.78, 5) is 4.69. The maximum Gasteiger partial charge on any atom is 0.163 e. The van der Waals surface area contributed by atoms with Gasteiger partial charge in [-0.15, -0.1) is 11.6 Å². The number of halogens is 2. The highest BCUT2D eigenvalue weighted by molar-refractivity contribution is 6.30. The number of fused-ring (bicyclic) bond motifs is 1. The molecule has 0 spiro atoms. The third-order valence-electron chi connectivity index (χ3n) is 3.48. The van der Waals surface area contributed by atoms with Crippen LogP contribution in [0.15, 0.2) is 24.3 Å². The van der Waals surface area contributed by atoms with Crippen molar-refractivity contribution in [1.29, 1.82) is 0 Å². The van der Waals surface area contributed by atoms with Crippen LogP contribution < -0.4 is 0 Å². The lowest BCUT2D eigenvalue weighted by Gasteiger charge is -2.11. The summed E-state index contributed by atoms with van der Waals surface area (Å²) in [6.07, 6.45) is 0. The molecule has 0 radical (unpaired) electrons. The zero-order valence-corrected chi connectivity index (χ0v) is 13.7. The fraction of sp³-hybridized carbons (Fsp3) is 0.333. The Hall–Kier alpha value is -1.52. The zero-order valence-electron chi connectivity index (χ0n) is 12.1. The lowest BCUT2D eigenvalue weighted by Crippen LogP contribution is -2.07. The summed E-state index contributed by atoms with van der Waals surface area (Å²) in [6.45, 7) is 6.74. The number of rotatable bonds is 3. The van der Waals surface area contributed by atoms with Crippen LogP contribution in [0.1, 0.15) is 30.7 Å². The Morgan fingerprint density at radius 2 is 1.90 bits per heavy atom. The fourth-order valence-corrected chi connectivity index (χ4v) is 2.79. The molecule has 1 atom stereocenters. The van der Waals surface area contributed by atoms with E-state index in [0.717, 1.165) is 34.9 Å². The standard InChI is InChI=1S/C15H16Cl2N4/c1-4-20-15-13(10(3)19-20)18-14(9(2)16)21(15)12-7-5-11(17)6-8-12/h5-9H,4H2,1-3H3. The number of imidazole rings is 1. The minimum absolute atomic E-state index is 0.196. The van der Waals surface area contributed by atoms with E-state index in [1.165, 1.54) is 0 Å². The molecule has 0 saturated heterocycles. The summed E-state index contributed by atoms with van der Waals surface area (Å²) in [7, 11) is 0. The number of benzene rings is 1. The van der Waals surface area contributed by atoms with Gasteiger partial charge in [-0.2, -0.15) is 5.10 Å². The summed E-state index contributed by atoms with van der Waals surface area (Å²) in [5.41, 5.74) is 3.77. The molecule has 1 aromatic carbocycles.